The van der Waals surface area contributed by atoms with Crippen molar-refractivity contribution in [3.63, 3.8) is 0 Å². The minimum atomic E-state index is -0.817. The maximum absolute atomic E-state index is 12.2. The number of nitrogens with one attached hydrogen (secondary N) is 2. The lowest BCUT2D eigenvalue weighted by Crippen LogP contribution is -2.50. The quantitative estimate of drug-likeness (QED) is 0.674. The van der Waals surface area contributed by atoms with Gasteiger partial charge in [0.1, 0.15) is 0 Å². The molecule has 0 bridgehead atoms. The van der Waals surface area contributed by atoms with Gasteiger partial charge in [-0.25, -0.2) is 4.79 Å². The smallest absolute Gasteiger partial charge is 0.317 e. The Bertz CT molecular complexity index is 302. The van der Waals surface area contributed by atoms with E-state index in [0.29, 0.717) is 13.0 Å². The molecule has 0 unspecified atom stereocenters. The van der Waals surface area contributed by atoms with Crippen molar-refractivity contribution in [3.8, 4) is 0 Å². The number of carboxylic acids is 1. The van der Waals surface area contributed by atoms with Crippen molar-refractivity contribution in [1.29, 1.82) is 0 Å². The summed E-state index contributed by atoms with van der Waals surface area (Å²) >= 11 is 0. The summed E-state index contributed by atoms with van der Waals surface area (Å²) in [5, 5.41) is 14.9. The Morgan fingerprint density at radius 1 is 1.37 bits per heavy atom. The van der Waals surface area contributed by atoms with Crippen LogP contribution in [0.15, 0.2) is 0 Å². The minimum Gasteiger partial charge on any atom is -0.481 e. The first-order chi connectivity index (χ1) is 9.00. The van der Waals surface area contributed by atoms with Crippen LogP contribution in [-0.2, 0) is 4.79 Å². The van der Waals surface area contributed by atoms with E-state index in [-0.39, 0.29) is 24.5 Å². The van der Waals surface area contributed by atoms with Crippen LogP contribution in [0.4, 0.5) is 4.79 Å². The third kappa shape index (κ3) is 5.92. The van der Waals surface area contributed by atoms with E-state index in [1.54, 1.807) is 4.90 Å². The molecule has 0 aromatic rings. The van der Waals surface area contributed by atoms with Gasteiger partial charge >= 0.3 is 12.0 Å². The molecule has 1 rings (SSSR count). The monoisotopic (exact) mass is 271 g/mol. The molecular weight excluding hydrogens is 246 g/mol. The molecule has 1 fully saturated rings. The fraction of sp³-hybridized carbons (Fsp3) is 0.846. The fourth-order valence-electron chi connectivity index (χ4n) is 2.22. The van der Waals surface area contributed by atoms with Gasteiger partial charge in [-0.05, 0) is 46.2 Å². The van der Waals surface area contributed by atoms with Crippen LogP contribution in [0.25, 0.3) is 0 Å². The Hall–Kier alpha value is -1.30. The zero-order valence-electron chi connectivity index (χ0n) is 11.8. The molecule has 0 aromatic carbocycles. The third-order valence-corrected chi connectivity index (χ3v) is 3.34. The van der Waals surface area contributed by atoms with Crippen LogP contribution in [0.1, 0.15) is 39.5 Å². The number of piperidine rings is 1. The Balaban J connectivity index is 2.40. The van der Waals surface area contributed by atoms with Gasteiger partial charge in [0, 0.05) is 25.0 Å². The Morgan fingerprint density at radius 3 is 2.53 bits per heavy atom. The van der Waals surface area contributed by atoms with Crippen LogP contribution < -0.4 is 10.6 Å². The Morgan fingerprint density at radius 2 is 2.00 bits per heavy atom. The number of hydrogen-bond donors (Lipinski definition) is 3. The summed E-state index contributed by atoms with van der Waals surface area (Å²) in [7, 11) is 0. The van der Waals surface area contributed by atoms with Gasteiger partial charge in [0.05, 0.1) is 0 Å². The number of rotatable bonds is 6. The van der Waals surface area contributed by atoms with Gasteiger partial charge in [-0.1, -0.05) is 0 Å². The van der Waals surface area contributed by atoms with E-state index in [0.717, 1.165) is 25.9 Å². The number of carbonyl (C=O) groups is 2. The molecule has 0 atom stereocenters. The molecule has 1 heterocycles. The van der Waals surface area contributed by atoms with E-state index in [9.17, 15) is 9.59 Å². The van der Waals surface area contributed by atoms with E-state index in [4.69, 9.17) is 5.11 Å². The van der Waals surface area contributed by atoms with Gasteiger partial charge in [-0.15, -0.1) is 0 Å². The number of aliphatic carboxylic acids is 1. The third-order valence-electron chi connectivity index (χ3n) is 3.34. The number of carbonyl (C=O) groups excluding carboxylic acids is 1. The van der Waals surface area contributed by atoms with Crippen molar-refractivity contribution in [2.24, 2.45) is 0 Å². The predicted molar refractivity (Wildman–Crippen MR) is 73.1 cm³/mol. The summed E-state index contributed by atoms with van der Waals surface area (Å²) in [6.45, 7) is 6.25. The molecule has 19 heavy (non-hydrogen) atoms. The van der Waals surface area contributed by atoms with E-state index < -0.39 is 5.97 Å². The lowest BCUT2D eigenvalue weighted by atomic mass is 10.1. The SMILES string of the molecule is CC(C)N(CCCC(=O)O)C(=O)NC1CCNCC1. The first kappa shape index (κ1) is 15.8. The van der Waals surface area contributed by atoms with Crippen LogP contribution in [0, 0.1) is 0 Å². The molecule has 6 heteroatoms. The molecule has 6 nitrogen and oxygen atoms in total. The van der Waals surface area contributed by atoms with E-state index in [1.165, 1.54) is 0 Å². The molecule has 0 aromatic heterocycles. The van der Waals surface area contributed by atoms with Gasteiger partial charge in [0.2, 0.25) is 0 Å². The highest BCUT2D eigenvalue weighted by Gasteiger charge is 2.21. The van der Waals surface area contributed by atoms with Crippen molar-refractivity contribution < 1.29 is 14.7 Å². The largest absolute Gasteiger partial charge is 0.481 e. The zero-order valence-corrected chi connectivity index (χ0v) is 11.8. The maximum atomic E-state index is 12.2. The molecule has 0 saturated carbocycles. The topological polar surface area (TPSA) is 81.7 Å². The number of hydrogen-bond acceptors (Lipinski definition) is 3. The summed E-state index contributed by atoms with van der Waals surface area (Å²) in [6, 6.07) is 0.234. The molecule has 0 spiro atoms. The van der Waals surface area contributed by atoms with Gasteiger partial charge < -0.3 is 20.6 Å². The highest BCUT2D eigenvalue weighted by Crippen LogP contribution is 2.07. The van der Waals surface area contributed by atoms with Crippen LogP contribution in [-0.4, -0.2) is 53.7 Å². The van der Waals surface area contributed by atoms with Crippen molar-refractivity contribution in [1.82, 2.24) is 15.5 Å². The predicted octanol–water partition coefficient (Wildman–Crippen LogP) is 1.02. The lowest BCUT2D eigenvalue weighted by molar-refractivity contribution is -0.137. The number of nitrogens with zero attached hydrogens (tertiary/aromatic N) is 1. The number of urea groups is 1. The molecule has 2 amide bonds. The van der Waals surface area contributed by atoms with E-state index >= 15 is 0 Å². The summed E-state index contributed by atoms with van der Waals surface area (Å²) in [4.78, 5) is 24.4. The number of carboxylic acid groups (broad SMARTS) is 1. The Kier molecular flexibility index (Phi) is 6.62. The standard InChI is InChI=1S/C13H25N3O3/c1-10(2)16(9-3-4-12(17)18)13(19)15-11-5-7-14-8-6-11/h10-11,14H,3-9H2,1-2H3,(H,15,19)(H,17,18). The molecule has 1 aliphatic heterocycles. The second kappa shape index (κ2) is 7.99. The highest BCUT2D eigenvalue weighted by atomic mass is 16.4. The van der Waals surface area contributed by atoms with Gasteiger partial charge in [0.15, 0.2) is 0 Å². The van der Waals surface area contributed by atoms with Crippen molar-refractivity contribution in [2.75, 3.05) is 19.6 Å². The van der Waals surface area contributed by atoms with Crippen LogP contribution in [0.3, 0.4) is 0 Å². The lowest BCUT2D eigenvalue weighted by Gasteiger charge is -2.31. The molecule has 110 valence electrons. The zero-order chi connectivity index (χ0) is 14.3. The average Bonchev–Trinajstić information content (AvgIpc) is 2.35. The van der Waals surface area contributed by atoms with Crippen molar-refractivity contribution in [3.05, 3.63) is 0 Å². The second-order valence-corrected chi connectivity index (χ2v) is 5.26. The molecule has 0 aliphatic carbocycles. The molecule has 3 N–H and O–H groups in total. The van der Waals surface area contributed by atoms with Gasteiger partial charge in [-0.3, -0.25) is 4.79 Å². The fourth-order valence-corrected chi connectivity index (χ4v) is 2.22. The van der Waals surface area contributed by atoms with E-state index in [1.807, 2.05) is 13.8 Å². The molecule has 0 radical (unpaired) electrons. The average molecular weight is 271 g/mol. The Labute approximate surface area is 114 Å². The van der Waals surface area contributed by atoms with Crippen molar-refractivity contribution in [2.45, 2.75) is 51.6 Å². The van der Waals surface area contributed by atoms with E-state index in [2.05, 4.69) is 10.6 Å². The summed E-state index contributed by atoms with van der Waals surface area (Å²) in [6.07, 6.45) is 2.50. The summed E-state index contributed by atoms with van der Waals surface area (Å²) in [5.74, 6) is -0.817. The normalized spacial score (nSPS) is 16.4. The van der Waals surface area contributed by atoms with Crippen molar-refractivity contribution >= 4 is 12.0 Å². The maximum Gasteiger partial charge on any atom is 0.317 e. The van der Waals surface area contributed by atoms with Crippen LogP contribution in [0.5, 0.6) is 0 Å². The van der Waals surface area contributed by atoms with Crippen LogP contribution in [0.2, 0.25) is 0 Å². The molecule has 1 saturated heterocycles. The van der Waals surface area contributed by atoms with Crippen LogP contribution >= 0.6 is 0 Å². The summed E-state index contributed by atoms with van der Waals surface area (Å²) < 4.78 is 0. The first-order valence-corrected chi connectivity index (χ1v) is 7.00. The number of amides is 2. The minimum absolute atomic E-state index is 0.0766. The second-order valence-electron chi connectivity index (χ2n) is 5.26. The summed E-state index contributed by atoms with van der Waals surface area (Å²) in [5.41, 5.74) is 0. The molecule has 1 aliphatic rings. The van der Waals surface area contributed by atoms with Gasteiger partial charge in [0.25, 0.3) is 0 Å². The molecular formula is C13H25N3O3. The first-order valence-electron chi connectivity index (χ1n) is 7.00. The van der Waals surface area contributed by atoms with Gasteiger partial charge in [-0.2, -0.15) is 0 Å². The highest BCUT2D eigenvalue weighted by molar-refractivity contribution is 5.75.